The average molecular weight is 274 g/mol. The molecule has 0 spiro atoms. The van der Waals surface area contributed by atoms with Gasteiger partial charge in [-0.3, -0.25) is 4.79 Å². The summed E-state index contributed by atoms with van der Waals surface area (Å²) in [5, 5.41) is 21.4. The number of carboxylic acid groups (broad SMARTS) is 1. The quantitative estimate of drug-likeness (QED) is 0.861. The van der Waals surface area contributed by atoms with Gasteiger partial charge in [0.1, 0.15) is 6.07 Å². The number of aryl methyl sites for hydroxylation is 1. The van der Waals surface area contributed by atoms with Crippen molar-refractivity contribution in [2.75, 3.05) is 5.32 Å². The van der Waals surface area contributed by atoms with Crippen molar-refractivity contribution in [3.8, 4) is 6.07 Å². The van der Waals surface area contributed by atoms with Crippen molar-refractivity contribution in [1.29, 1.82) is 5.26 Å². The topological polar surface area (TPSA) is 73.1 Å². The molecule has 0 fully saturated rings. The van der Waals surface area contributed by atoms with Crippen LogP contribution < -0.4 is 5.32 Å². The lowest BCUT2D eigenvalue weighted by molar-refractivity contribution is -0.137. The molecule has 1 atom stereocenters. The van der Waals surface area contributed by atoms with Crippen molar-refractivity contribution in [2.45, 2.75) is 46.6 Å². The van der Waals surface area contributed by atoms with E-state index in [1.54, 1.807) is 6.07 Å². The molecule has 0 aromatic heterocycles. The van der Waals surface area contributed by atoms with Gasteiger partial charge in [-0.25, -0.2) is 0 Å². The van der Waals surface area contributed by atoms with E-state index in [2.05, 4.69) is 32.2 Å². The zero-order chi connectivity index (χ0) is 15.3. The summed E-state index contributed by atoms with van der Waals surface area (Å²) in [7, 11) is 0. The number of hydrogen-bond acceptors (Lipinski definition) is 3. The summed E-state index contributed by atoms with van der Waals surface area (Å²) in [5.41, 5.74) is 2.31. The normalized spacial score (nSPS) is 12.6. The molecular formula is C16H22N2O2. The Kier molecular flexibility index (Phi) is 5.15. The van der Waals surface area contributed by atoms with Crippen LogP contribution in [0, 0.1) is 23.7 Å². The van der Waals surface area contributed by atoms with Crippen LogP contribution in [-0.2, 0) is 4.79 Å². The molecule has 1 aromatic rings. The third kappa shape index (κ3) is 5.31. The Bertz CT molecular complexity index is 524. The van der Waals surface area contributed by atoms with E-state index < -0.39 is 5.97 Å². The number of aliphatic carboxylic acids is 1. The van der Waals surface area contributed by atoms with E-state index in [-0.39, 0.29) is 17.9 Å². The van der Waals surface area contributed by atoms with Crippen LogP contribution >= 0.6 is 0 Å². The predicted molar refractivity (Wildman–Crippen MR) is 79.6 cm³/mol. The first-order valence-electron chi connectivity index (χ1n) is 6.70. The van der Waals surface area contributed by atoms with Gasteiger partial charge in [-0.1, -0.05) is 26.8 Å². The molecule has 0 radical (unpaired) electrons. The van der Waals surface area contributed by atoms with Gasteiger partial charge in [-0.05, 0) is 36.5 Å². The standard InChI is InChI=1S/C16H22N2O2/c1-11-5-6-12(10-17)14(7-11)18-13(8-15(19)20)9-16(2,3)4/h5-7,13,18H,8-9H2,1-4H3,(H,19,20). The first kappa shape index (κ1) is 16.0. The van der Waals surface area contributed by atoms with E-state index in [0.29, 0.717) is 11.3 Å². The molecule has 0 aliphatic carbocycles. The minimum atomic E-state index is -0.835. The van der Waals surface area contributed by atoms with Gasteiger partial charge < -0.3 is 10.4 Å². The van der Waals surface area contributed by atoms with Gasteiger partial charge in [-0.2, -0.15) is 5.26 Å². The van der Waals surface area contributed by atoms with Gasteiger partial charge in [0.15, 0.2) is 0 Å². The molecule has 4 heteroatoms. The maximum absolute atomic E-state index is 11.0. The smallest absolute Gasteiger partial charge is 0.305 e. The third-order valence-electron chi connectivity index (χ3n) is 2.93. The van der Waals surface area contributed by atoms with Gasteiger partial charge >= 0.3 is 5.97 Å². The zero-order valence-corrected chi connectivity index (χ0v) is 12.5. The monoisotopic (exact) mass is 274 g/mol. The Morgan fingerprint density at radius 2 is 2.10 bits per heavy atom. The van der Waals surface area contributed by atoms with E-state index in [1.807, 2.05) is 19.1 Å². The van der Waals surface area contributed by atoms with Crippen LogP contribution in [-0.4, -0.2) is 17.1 Å². The molecule has 0 saturated carbocycles. The van der Waals surface area contributed by atoms with Crippen molar-refractivity contribution >= 4 is 11.7 Å². The molecule has 0 aliphatic heterocycles. The largest absolute Gasteiger partial charge is 0.481 e. The van der Waals surface area contributed by atoms with E-state index in [9.17, 15) is 4.79 Å². The highest BCUT2D eigenvalue weighted by molar-refractivity contribution is 5.69. The van der Waals surface area contributed by atoms with Gasteiger partial charge in [0, 0.05) is 6.04 Å². The highest BCUT2D eigenvalue weighted by atomic mass is 16.4. The van der Waals surface area contributed by atoms with Gasteiger partial charge in [0.05, 0.1) is 17.7 Å². The SMILES string of the molecule is Cc1ccc(C#N)c(NC(CC(=O)O)CC(C)(C)C)c1. The lowest BCUT2D eigenvalue weighted by Crippen LogP contribution is -2.28. The van der Waals surface area contributed by atoms with Crippen LogP contribution in [0.15, 0.2) is 18.2 Å². The molecule has 0 amide bonds. The number of nitrogens with zero attached hydrogens (tertiary/aromatic N) is 1. The van der Waals surface area contributed by atoms with Crippen LogP contribution in [0.25, 0.3) is 0 Å². The van der Waals surface area contributed by atoms with Crippen LogP contribution in [0.3, 0.4) is 0 Å². The second-order valence-corrected chi connectivity index (χ2v) is 6.36. The molecule has 0 aliphatic rings. The van der Waals surface area contributed by atoms with Crippen molar-refractivity contribution < 1.29 is 9.90 Å². The fourth-order valence-electron chi connectivity index (χ4n) is 2.22. The highest BCUT2D eigenvalue weighted by Crippen LogP contribution is 2.26. The van der Waals surface area contributed by atoms with E-state index >= 15 is 0 Å². The lowest BCUT2D eigenvalue weighted by atomic mass is 9.86. The molecule has 1 rings (SSSR count). The third-order valence-corrected chi connectivity index (χ3v) is 2.93. The Balaban J connectivity index is 2.97. The fraction of sp³-hybridized carbons (Fsp3) is 0.500. The minimum absolute atomic E-state index is 0.0176. The first-order valence-corrected chi connectivity index (χ1v) is 6.70. The summed E-state index contributed by atoms with van der Waals surface area (Å²) < 4.78 is 0. The van der Waals surface area contributed by atoms with E-state index in [0.717, 1.165) is 12.0 Å². The Morgan fingerprint density at radius 3 is 2.60 bits per heavy atom. The summed E-state index contributed by atoms with van der Waals surface area (Å²) >= 11 is 0. The van der Waals surface area contributed by atoms with Crippen molar-refractivity contribution in [1.82, 2.24) is 0 Å². The highest BCUT2D eigenvalue weighted by Gasteiger charge is 2.21. The molecule has 1 unspecified atom stereocenters. The average Bonchev–Trinajstić information content (AvgIpc) is 2.25. The minimum Gasteiger partial charge on any atom is -0.481 e. The zero-order valence-electron chi connectivity index (χ0n) is 12.5. The summed E-state index contributed by atoms with van der Waals surface area (Å²) in [4.78, 5) is 11.0. The van der Waals surface area contributed by atoms with Crippen molar-refractivity contribution in [3.05, 3.63) is 29.3 Å². The Morgan fingerprint density at radius 1 is 1.45 bits per heavy atom. The summed E-state index contributed by atoms with van der Waals surface area (Å²) in [6, 6.07) is 7.46. The second-order valence-electron chi connectivity index (χ2n) is 6.36. The van der Waals surface area contributed by atoms with Crippen LogP contribution in [0.2, 0.25) is 0 Å². The lowest BCUT2D eigenvalue weighted by Gasteiger charge is -2.27. The predicted octanol–water partition coefficient (Wildman–Crippen LogP) is 3.56. The number of benzene rings is 1. The first-order chi connectivity index (χ1) is 9.21. The number of rotatable bonds is 5. The second kappa shape index (κ2) is 6.42. The summed E-state index contributed by atoms with van der Waals surface area (Å²) in [6.07, 6.45) is 0.758. The molecule has 4 nitrogen and oxygen atoms in total. The van der Waals surface area contributed by atoms with Crippen LogP contribution in [0.5, 0.6) is 0 Å². The molecule has 0 heterocycles. The maximum atomic E-state index is 11.0. The van der Waals surface area contributed by atoms with E-state index in [4.69, 9.17) is 10.4 Å². The van der Waals surface area contributed by atoms with Gasteiger partial charge in [0.2, 0.25) is 0 Å². The summed E-state index contributed by atoms with van der Waals surface area (Å²) in [6.45, 7) is 8.17. The number of carbonyl (C=O) groups is 1. The van der Waals surface area contributed by atoms with Gasteiger partial charge in [0.25, 0.3) is 0 Å². The molecule has 2 N–H and O–H groups in total. The molecule has 20 heavy (non-hydrogen) atoms. The molecule has 0 saturated heterocycles. The Hall–Kier alpha value is -2.02. The number of hydrogen-bond donors (Lipinski definition) is 2. The number of carboxylic acids is 1. The molecule has 0 bridgehead atoms. The van der Waals surface area contributed by atoms with Gasteiger partial charge in [-0.15, -0.1) is 0 Å². The molecular weight excluding hydrogens is 252 g/mol. The van der Waals surface area contributed by atoms with E-state index in [1.165, 1.54) is 0 Å². The molecule has 108 valence electrons. The van der Waals surface area contributed by atoms with Crippen molar-refractivity contribution in [3.63, 3.8) is 0 Å². The Labute approximate surface area is 120 Å². The van der Waals surface area contributed by atoms with Crippen molar-refractivity contribution in [2.24, 2.45) is 5.41 Å². The molecule has 1 aromatic carbocycles. The maximum Gasteiger partial charge on any atom is 0.305 e. The van der Waals surface area contributed by atoms with Crippen LogP contribution in [0.1, 0.15) is 44.7 Å². The van der Waals surface area contributed by atoms with Crippen LogP contribution in [0.4, 0.5) is 5.69 Å². The number of nitrogens with one attached hydrogen (secondary N) is 1. The number of anilines is 1. The number of nitriles is 1. The summed E-state index contributed by atoms with van der Waals surface area (Å²) in [5.74, 6) is -0.835. The fourth-order valence-corrected chi connectivity index (χ4v) is 2.22.